The maximum atomic E-state index is 14.3. The van der Waals surface area contributed by atoms with Crippen molar-refractivity contribution in [3.05, 3.63) is 102 Å². The van der Waals surface area contributed by atoms with E-state index in [1.54, 1.807) is 104 Å². The maximum absolute atomic E-state index is 14.3. The highest BCUT2D eigenvalue weighted by molar-refractivity contribution is 6.16. The van der Waals surface area contributed by atoms with Crippen LogP contribution in [0.2, 0.25) is 0 Å². The third kappa shape index (κ3) is 3.38. The van der Waals surface area contributed by atoms with Crippen molar-refractivity contribution in [3.8, 4) is 0 Å². The van der Waals surface area contributed by atoms with E-state index in [1.165, 1.54) is 0 Å². The van der Waals surface area contributed by atoms with Crippen molar-refractivity contribution in [2.75, 3.05) is 19.0 Å². The Hall–Kier alpha value is -4.10. The number of hydrogen-bond donors (Lipinski definition) is 1. The molecule has 1 saturated heterocycles. The number of hydrogen-bond acceptors (Lipinski definition) is 6. The number of Topliss-reactive ketones (excluding diaryl/α,β-unsaturated/α-hetero) is 2. The van der Waals surface area contributed by atoms with Crippen LogP contribution >= 0.6 is 0 Å². The zero-order valence-electron chi connectivity index (χ0n) is 20.0. The van der Waals surface area contributed by atoms with Gasteiger partial charge >= 0.3 is 5.97 Å². The first-order valence-electron chi connectivity index (χ1n) is 11.9. The van der Waals surface area contributed by atoms with Crippen molar-refractivity contribution < 1.29 is 23.9 Å². The molecular formula is C29H26N2O5. The standard InChI is InChI=1S/C29H26N2O5/c1-3-36-27(34)24-22(25(32)18-12-6-4-7-13-18)23(26(33)19-14-8-5-9-15-19)29(31(24)2)20-16-10-11-17-21(20)30-28(29)35/h4-17,22-24H,3H2,1-2H3,(H,30,35). The summed E-state index contributed by atoms with van der Waals surface area (Å²) in [5, 5.41) is 2.89. The van der Waals surface area contributed by atoms with Crippen LogP contribution in [0.25, 0.3) is 0 Å². The lowest BCUT2D eigenvalue weighted by atomic mass is 9.69. The summed E-state index contributed by atoms with van der Waals surface area (Å²) < 4.78 is 5.40. The molecule has 4 unspecified atom stereocenters. The number of ketones is 2. The molecule has 7 heteroatoms. The highest BCUT2D eigenvalue weighted by Crippen LogP contribution is 2.56. The average Bonchev–Trinajstić information content (AvgIpc) is 3.36. The molecule has 0 saturated carbocycles. The summed E-state index contributed by atoms with van der Waals surface area (Å²) in [6.45, 7) is 1.78. The number of amides is 1. The Bertz CT molecular complexity index is 1340. The molecule has 3 aromatic carbocycles. The van der Waals surface area contributed by atoms with Gasteiger partial charge in [-0.2, -0.15) is 0 Å². The molecule has 1 N–H and O–H groups in total. The molecule has 0 bridgehead atoms. The number of carbonyl (C=O) groups is 4. The zero-order valence-corrected chi connectivity index (χ0v) is 20.0. The SMILES string of the molecule is CCOC(=O)C1C(C(=O)c2ccccc2)C(C(=O)c2ccccc2)C2(C(=O)Nc3ccccc32)N1C. The van der Waals surface area contributed by atoms with Crippen molar-refractivity contribution in [3.63, 3.8) is 0 Å². The van der Waals surface area contributed by atoms with Gasteiger partial charge in [-0.25, -0.2) is 0 Å². The number of ether oxygens (including phenoxy) is 1. The van der Waals surface area contributed by atoms with Gasteiger partial charge in [-0.05, 0) is 20.0 Å². The van der Waals surface area contributed by atoms with Crippen LogP contribution in [0.4, 0.5) is 5.69 Å². The summed E-state index contributed by atoms with van der Waals surface area (Å²) in [6, 6.07) is 23.1. The number of anilines is 1. The monoisotopic (exact) mass is 482 g/mol. The Balaban J connectivity index is 1.79. The third-order valence-corrected chi connectivity index (χ3v) is 7.28. The number of rotatable bonds is 6. The first kappa shape index (κ1) is 23.6. The molecule has 5 rings (SSSR count). The number of benzene rings is 3. The lowest BCUT2D eigenvalue weighted by Crippen LogP contribution is -2.53. The number of likely N-dealkylation sites (tertiary alicyclic amines) is 1. The maximum Gasteiger partial charge on any atom is 0.324 e. The summed E-state index contributed by atoms with van der Waals surface area (Å²) in [6.07, 6.45) is 0. The Morgan fingerprint density at radius 3 is 2.03 bits per heavy atom. The van der Waals surface area contributed by atoms with Crippen molar-refractivity contribution >= 4 is 29.1 Å². The minimum Gasteiger partial charge on any atom is -0.465 e. The summed E-state index contributed by atoms with van der Waals surface area (Å²) in [7, 11) is 1.62. The van der Waals surface area contributed by atoms with Crippen LogP contribution < -0.4 is 5.32 Å². The number of esters is 1. The number of likely N-dealkylation sites (N-methyl/N-ethyl adjacent to an activating group) is 1. The minimum atomic E-state index is -1.57. The molecule has 0 aromatic heterocycles. The van der Waals surface area contributed by atoms with Gasteiger partial charge in [-0.15, -0.1) is 0 Å². The fourth-order valence-corrected chi connectivity index (χ4v) is 5.80. The summed E-state index contributed by atoms with van der Waals surface area (Å²) in [4.78, 5) is 57.2. The van der Waals surface area contributed by atoms with Crippen molar-refractivity contribution in [2.45, 2.75) is 18.5 Å². The van der Waals surface area contributed by atoms with E-state index in [1.807, 2.05) is 0 Å². The van der Waals surface area contributed by atoms with Gasteiger partial charge in [0.05, 0.1) is 18.4 Å². The van der Waals surface area contributed by atoms with E-state index in [-0.39, 0.29) is 18.2 Å². The molecule has 2 heterocycles. The second-order valence-electron chi connectivity index (χ2n) is 9.04. The molecule has 2 aliphatic heterocycles. The smallest absolute Gasteiger partial charge is 0.324 e. The molecule has 7 nitrogen and oxygen atoms in total. The molecule has 1 amide bonds. The largest absolute Gasteiger partial charge is 0.465 e. The highest BCUT2D eigenvalue weighted by Gasteiger charge is 2.70. The summed E-state index contributed by atoms with van der Waals surface area (Å²) in [5.41, 5.74) is 0.262. The van der Waals surface area contributed by atoms with Crippen LogP contribution in [0.3, 0.4) is 0 Å². The Morgan fingerprint density at radius 2 is 1.42 bits per heavy atom. The first-order chi connectivity index (χ1) is 17.4. The van der Waals surface area contributed by atoms with Gasteiger partial charge in [0.25, 0.3) is 0 Å². The van der Waals surface area contributed by atoms with E-state index in [0.717, 1.165) is 0 Å². The lowest BCUT2D eigenvalue weighted by molar-refractivity contribution is -0.150. The van der Waals surface area contributed by atoms with Crippen LogP contribution in [-0.4, -0.2) is 48.0 Å². The second kappa shape index (κ2) is 9.17. The van der Waals surface area contributed by atoms with Crippen molar-refractivity contribution in [1.29, 1.82) is 0 Å². The summed E-state index contributed by atoms with van der Waals surface area (Å²) >= 11 is 0. The quantitative estimate of drug-likeness (QED) is 0.425. The molecule has 3 aromatic rings. The highest BCUT2D eigenvalue weighted by atomic mass is 16.5. The molecule has 4 atom stereocenters. The van der Waals surface area contributed by atoms with Gasteiger partial charge in [-0.3, -0.25) is 24.1 Å². The van der Waals surface area contributed by atoms with Crippen LogP contribution in [-0.2, 0) is 19.9 Å². The van der Waals surface area contributed by atoms with E-state index in [9.17, 15) is 19.2 Å². The van der Waals surface area contributed by atoms with E-state index < -0.39 is 35.3 Å². The van der Waals surface area contributed by atoms with E-state index >= 15 is 0 Å². The van der Waals surface area contributed by atoms with Gasteiger partial charge in [0.2, 0.25) is 5.91 Å². The minimum absolute atomic E-state index is 0.0997. The molecule has 2 aliphatic rings. The third-order valence-electron chi connectivity index (χ3n) is 7.28. The summed E-state index contributed by atoms with van der Waals surface area (Å²) in [5.74, 6) is -4.18. The normalized spacial score (nSPS) is 24.8. The number of nitrogens with zero attached hydrogens (tertiary/aromatic N) is 1. The number of carbonyl (C=O) groups excluding carboxylic acids is 4. The van der Waals surface area contributed by atoms with Gasteiger partial charge < -0.3 is 10.1 Å². The Kier molecular flexibility index (Phi) is 6.02. The lowest BCUT2D eigenvalue weighted by Gasteiger charge is -2.35. The van der Waals surface area contributed by atoms with Gasteiger partial charge in [0.1, 0.15) is 11.6 Å². The second-order valence-corrected chi connectivity index (χ2v) is 9.04. The van der Waals surface area contributed by atoms with Crippen LogP contribution in [0.15, 0.2) is 84.9 Å². The van der Waals surface area contributed by atoms with E-state index in [2.05, 4.69) is 5.32 Å². The molecule has 0 aliphatic carbocycles. The fourth-order valence-electron chi connectivity index (χ4n) is 5.80. The molecular weight excluding hydrogens is 456 g/mol. The van der Waals surface area contributed by atoms with Gasteiger partial charge in [0.15, 0.2) is 11.6 Å². The number of fused-ring (bicyclic) bond motifs is 2. The van der Waals surface area contributed by atoms with Crippen molar-refractivity contribution in [1.82, 2.24) is 4.90 Å². The van der Waals surface area contributed by atoms with Crippen molar-refractivity contribution in [2.24, 2.45) is 11.8 Å². The average molecular weight is 483 g/mol. The molecule has 1 spiro atoms. The molecule has 0 radical (unpaired) electrons. The predicted molar refractivity (Wildman–Crippen MR) is 133 cm³/mol. The Morgan fingerprint density at radius 1 is 0.861 bits per heavy atom. The molecule has 182 valence electrons. The molecule has 36 heavy (non-hydrogen) atoms. The van der Waals surface area contributed by atoms with Gasteiger partial charge in [-0.1, -0.05) is 78.9 Å². The Labute approximate surface area is 209 Å². The number of nitrogens with one attached hydrogen (secondary N) is 1. The molecule has 1 fully saturated rings. The van der Waals surface area contributed by atoms with Crippen LogP contribution in [0.5, 0.6) is 0 Å². The fraction of sp³-hybridized carbons (Fsp3) is 0.241. The van der Waals surface area contributed by atoms with Gasteiger partial charge in [0, 0.05) is 22.4 Å². The van der Waals surface area contributed by atoms with E-state index in [0.29, 0.717) is 22.4 Å². The zero-order chi connectivity index (χ0) is 25.4. The van der Waals surface area contributed by atoms with Crippen LogP contribution in [0, 0.1) is 11.8 Å². The predicted octanol–water partition coefficient (Wildman–Crippen LogP) is 3.71. The van der Waals surface area contributed by atoms with Crippen LogP contribution in [0.1, 0.15) is 33.2 Å². The first-order valence-corrected chi connectivity index (χ1v) is 11.9. The van der Waals surface area contributed by atoms with E-state index in [4.69, 9.17) is 4.74 Å². The number of para-hydroxylation sites is 1. The topological polar surface area (TPSA) is 92.8 Å².